The maximum Gasteiger partial charge on any atom is 0.224 e. The van der Waals surface area contributed by atoms with Crippen LogP contribution >= 0.6 is 0 Å². The summed E-state index contributed by atoms with van der Waals surface area (Å²) in [5, 5.41) is 6.10. The van der Waals surface area contributed by atoms with Gasteiger partial charge >= 0.3 is 0 Å². The summed E-state index contributed by atoms with van der Waals surface area (Å²) in [5.74, 6) is 2.05. The van der Waals surface area contributed by atoms with Crippen LogP contribution in [0.1, 0.15) is 46.0 Å². The van der Waals surface area contributed by atoms with Gasteiger partial charge in [-0.15, -0.1) is 0 Å². The summed E-state index contributed by atoms with van der Waals surface area (Å²) in [6, 6.07) is 0. The molecule has 0 saturated heterocycles. The molecule has 0 radical (unpaired) electrons. The number of nitrogens with zero attached hydrogens (tertiary/aromatic N) is 2. The Morgan fingerprint density at radius 1 is 1.25 bits per heavy atom. The fourth-order valence-corrected chi connectivity index (χ4v) is 2.75. The van der Waals surface area contributed by atoms with Gasteiger partial charge in [-0.05, 0) is 25.2 Å². The molecule has 2 rings (SSSR count). The molecule has 1 aliphatic carbocycles. The van der Waals surface area contributed by atoms with Crippen LogP contribution in [-0.2, 0) is 0 Å². The highest BCUT2D eigenvalue weighted by Gasteiger charge is 2.17. The van der Waals surface area contributed by atoms with Crippen molar-refractivity contribution in [2.45, 2.75) is 46.0 Å². The van der Waals surface area contributed by atoms with E-state index in [1.165, 1.54) is 31.9 Å². The van der Waals surface area contributed by atoms with E-state index in [4.69, 9.17) is 0 Å². The molecule has 0 aromatic carbocycles. The minimum Gasteiger partial charge on any atom is -0.367 e. The molecule has 4 nitrogen and oxygen atoms in total. The second kappa shape index (κ2) is 7.41. The third kappa shape index (κ3) is 4.32. The van der Waals surface area contributed by atoms with Crippen molar-refractivity contribution in [3.05, 3.63) is 12.0 Å². The number of rotatable bonds is 6. The summed E-state index contributed by atoms with van der Waals surface area (Å²) >= 11 is 0. The van der Waals surface area contributed by atoms with Crippen LogP contribution in [0.25, 0.3) is 0 Å². The van der Waals surface area contributed by atoms with Gasteiger partial charge in [0.15, 0.2) is 11.6 Å². The zero-order valence-corrected chi connectivity index (χ0v) is 12.5. The lowest BCUT2D eigenvalue weighted by Gasteiger charge is -2.26. The molecule has 1 aromatic heterocycles. The van der Waals surface area contributed by atoms with Gasteiger partial charge in [-0.2, -0.15) is 4.98 Å². The van der Waals surface area contributed by atoms with Gasteiger partial charge in [0.05, 0.1) is 6.20 Å². The van der Waals surface area contributed by atoms with Crippen LogP contribution in [0, 0.1) is 17.7 Å². The van der Waals surface area contributed by atoms with Crippen LogP contribution in [0.15, 0.2) is 6.20 Å². The highest BCUT2D eigenvalue weighted by molar-refractivity contribution is 5.40. The number of halogens is 1. The third-order valence-corrected chi connectivity index (χ3v) is 4.06. The summed E-state index contributed by atoms with van der Waals surface area (Å²) < 4.78 is 13.6. The lowest BCUT2D eigenvalue weighted by atomic mass is 9.81. The van der Waals surface area contributed by atoms with Crippen molar-refractivity contribution in [3.63, 3.8) is 0 Å². The van der Waals surface area contributed by atoms with Crippen molar-refractivity contribution in [2.24, 2.45) is 11.8 Å². The molecule has 0 amide bonds. The number of hydrogen-bond acceptors (Lipinski definition) is 4. The second-order valence-electron chi connectivity index (χ2n) is 5.76. The molecule has 20 heavy (non-hydrogen) atoms. The molecular formula is C15H25FN4. The van der Waals surface area contributed by atoms with E-state index in [1.54, 1.807) is 0 Å². The standard InChI is InChI=1S/C15H25FN4/c1-3-17-15-19-10-13(16)14(20-15)18-9-8-12-6-4-11(2)5-7-12/h10-12H,3-9H2,1-2H3,(H2,17,18,19,20). The molecule has 2 N–H and O–H groups in total. The first-order valence-electron chi connectivity index (χ1n) is 7.69. The molecular weight excluding hydrogens is 255 g/mol. The van der Waals surface area contributed by atoms with Crippen molar-refractivity contribution >= 4 is 11.8 Å². The van der Waals surface area contributed by atoms with Crippen LogP contribution in [0.2, 0.25) is 0 Å². The van der Waals surface area contributed by atoms with E-state index in [0.29, 0.717) is 11.8 Å². The molecule has 0 atom stereocenters. The first kappa shape index (κ1) is 15.0. The number of nitrogens with one attached hydrogen (secondary N) is 2. The Hall–Kier alpha value is -1.39. The molecule has 5 heteroatoms. The summed E-state index contributed by atoms with van der Waals surface area (Å²) in [7, 11) is 0. The normalized spacial score (nSPS) is 22.6. The van der Waals surface area contributed by atoms with Gasteiger partial charge in [0, 0.05) is 13.1 Å². The van der Waals surface area contributed by atoms with Crippen LogP contribution in [-0.4, -0.2) is 23.1 Å². The van der Waals surface area contributed by atoms with Crippen molar-refractivity contribution in [2.75, 3.05) is 23.7 Å². The van der Waals surface area contributed by atoms with E-state index in [1.807, 2.05) is 6.92 Å². The zero-order chi connectivity index (χ0) is 14.4. The van der Waals surface area contributed by atoms with Crippen LogP contribution in [0.3, 0.4) is 0 Å². The lowest BCUT2D eigenvalue weighted by Crippen LogP contribution is -2.17. The predicted molar refractivity (Wildman–Crippen MR) is 80.4 cm³/mol. The number of anilines is 2. The Morgan fingerprint density at radius 3 is 2.70 bits per heavy atom. The Kier molecular flexibility index (Phi) is 5.56. The summed E-state index contributed by atoms with van der Waals surface area (Å²) in [6.07, 6.45) is 7.58. The van der Waals surface area contributed by atoms with Crippen LogP contribution < -0.4 is 10.6 Å². The summed E-state index contributed by atoms with van der Waals surface area (Å²) in [4.78, 5) is 8.05. The fourth-order valence-electron chi connectivity index (χ4n) is 2.75. The smallest absolute Gasteiger partial charge is 0.224 e. The van der Waals surface area contributed by atoms with Crippen molar-refractivity contribution in [1.82, 2.24) is 9.97 Å². The number of hydrogen-bond donors (Lipinski definition) is 2. The Morgan fingerprint density at radius 2 is 2.00 bits per heavy atom. The van der Waals surface area contributed by atoms with Crippen molar-refractivity contribution in [1.29, 1.82) is 0 Å². The Bertz CT molecular complexity index is 416. The average molecular weight is 280 g/mol. The highest BCUT2D eigenvalue weighted by atomic mass is 19.1. The first-order valence-corrected chi connectivity index (χ1v) is 7.69. The van der Waals surface area contributed by atoms with E-state index in [-0.39, 0.29) is 5.82 Å². The van der Waals surface area contributed by atoms with Gasteiger partial charge in [-0.1, -0.05) is 32.6 Å². The van der Waals surface area contributed by atoms with Crippen molar-refractivity contribution < 1.29 is 4.39 Å². The maximum absolute atomic E-state index is 13.6. The van der Waals surface area contributed by atoms with Gasteiger partial charge in [0.2, 0.25) is 5.95 Å². The topological polar surface area (TPSA) is 49.8 Å². The first-order chi connectivity index (χ1) is 9.69. The highest BCUT2D eigenvalue weighted by Crippen LogP contribution is 2.30. The molecule has 0 spiro atoms. The molecule has 0 aliphatic heterocycles. The minimum absolute atomic E-state index is 0.306. The SMILES string of the molecule is CCNc1ncc(F)c(NCCC2CCC(C)CC2)n1. The van der Waals surface area contributed by atoms with Gasteiger partial charge < -0.3 is 10.6 Å². The second-order valence-corrected chi connectivity index (χ2v) is 5.76. The monoisotopic (exact) mass is 280 g/mol. The molecule has 1 fully saturated rings. The average Bonchev–Trinajstić information content (AvgIpc) is 2.45. The van der Waals surface area contributed by atoms with E-state index in [0.717, 1.165) is 31.3 Å². The summed E-state index contributed by atoms with van der Waals surface area (Å²) in [6.45, 7) is 5.79. The van der Waals surface area contributed by atoms with Gasteiger partial charge in [0.1, 0.15) is 0 Å². The van der Waals surface area contributed by atoms with Gasteiger partial charge in [-0.25, -0.2) is 9.37 Å². The summed E-state index contributed by atoms with van der Waals surface area (Å²) in [5.41, 5.74) is 0. The third-order valence-electron chi connectivity index (χ3n) is 4.06. The molecule has 112 valence electrons. The Balaban J connectivity index is 1.79. The van der Waals surface area contributed by atoms with Gasteiger partial charge in [-0.3, -0.25) is 0 Å². The lowest BCUT2D eigenvalue weighted by molar-refractivity contribution is 0.282. The van der Waals surface area contributed by atoms with Crippen LogP contribution in [0.5, 0.6) is 0 Å². The molecule has 1 aliphatic rings. The fraction of sp³-hybridized carbons (Fsp3) is 0.733. The quantitative estimate of drug-likeness (QED) is 0.834. The predicted octanol–water partition coefficient (Wildman–Crippen LogP) is 3.68. The molecule has 1 heterocycles. The molecule has 1 aromatic rings. The molecule has 1 saturated carbocycles. The van der Waals surface area contributed by atoms with Crippen LogP contribution in [0.4, 0.5) is 16.2 Å². The largest absolute Gasteiger partial charge is 0.367 e. The Labute approximate surface area is 120 Å². The van der Waals surface area contributed by atoms with Gasteiger partial charge in [0.25, 0.3) is 0 Å². The van der Waals surface area contributed by atoms with E-state index >= 15 is 0 Å². The number of aromatic nitrogens is 2. The van der Waals surface area contributed by atoms with Crippen molar-refractivity contribution in [3.8, 4) is 0 Å². The maximum atomic E-state index is 13.6. The zero-order valence-electron chi connectivity index (χ0n) is 12.5. The molecule has 0 bridgehead atoms. The van der Waals surface area contributed by atoms with E-state index < -0.39 is 0 Å². The van der Waals surface area contributed by atoms with E-state index in [9.17, 15) is 4.39 Å². The minimum atomic E-state index is -0.385. The van der Waals surface area contributed by atoms with E-state index in [2.05, 4.69) is 27.5 Å². The molecule has 0 unspecified atom stereocenters.